The predicted octanol–water partition coefficient (Wildman–Crippen LogP) is 3.69. The van der Waals surface area contributed by atoms with Crippen LogP contribution in [-0.2, 0) is 13.0 Å². The topological polar surface area (TPSA) is 67.8 Å². The fourth-order valence-corrected chi connectivity index (χ4v) is 3.36. The van der Waals surface area contributed by atoms with Crippen LogP contribution in [-0.4, -0.2) is 38.3 Å². The van der Waals surface area contributed by atoms with Gasteiger partial charge in [-0.25, -0.2) is 9.98 Å². The summed E-state index contributed by atoms with van der Waals surface area (Å²) in [4.78, 5) is 10.5. The van der Waals surface area contributed by atoms with Crippen molar-refractivity contribution in [3.63, 3.8) is 0 Å². The fraction of sp³-hybridized carbons (Fsp3) is 0.474. The molecule has 0 atom stereocenters. The number of benzene rings is 1. The Morgan fingerprint density at radius 2 is 1.96 bits per heavy atom. The maximum Gasteiger partial charge on any atom is 0.191 e. The first-order valence-electron chi connectivity index (χ1n) is 8.73. The molecule has 1 aromatic carbocycles. The lowest BCUT2D eigenvalue weighted by Gasteiger charge is -2.12. The average molecular weight is 504 g/mol. The molecule has 0 saturated heterocycles. The van der Waals surface area contributed by atoms with Gasteiger partial charge in [0.2, 0.25) is 0 Å². The zero-order valence-electron chi connectivity index (χ0n) is 16.6. The van der Waals surface area contributed by atoms with Crippen LogP contribution < -0.4 is 20.1 Å². The Kier molecular flexibility index (Phi) is 10.5. The van der Waals surface area contributed by atoms with Gasteiger partial charge in [-0.2, -0.15) is 0 Å². The van der Waals surface area contributed by atoms with Gasteiger partial charge in [0.05, 0.1) is 31.5 Å². The Labute approximate surface area is 182 Å². The first-order chi connectivity index (χ1) is 12.6. The Morgan fingerprint density at radius 3 is 2.56 bits per heavy atom. The van der Waals surface area contributed by atoms with Gasteiger partial charge in [0.1, 0.15) is 11.5 Å². The lowest BCUT2D eigenvalue weighted by molar-refractivity contribution is 0.391. The molecule has 1 heterocycles. The fourth-order valence-electron chi connectivity index (χ4n) is 2.42. The number of guanidine groups is 1. The molecule has 0 amide bonds. The number of aromatic nitrogens is 1. The molecule has 8 heteroatoms. The van der Waals surface area contributed by atoms with Gasteiger partial charge in [-0.3, -0.25) is 0 Å². The molecule has 1 aromatic heterocycles. The van der Waals surface area contributed by atoms with Gasteiger partial charge in [0.25, 0.3) is 0 Å². The van der Waals surface area contributed by atoms with Crippen molar-refractivity contribution in [2.75, 3.05) is 27.3 Å². The number of methoxy groups -OCH3 is 2. The highest BCUT2D eigenvalue weighted by Gasteiger charge is 2.06. The van der Waals surface area contributed by atoms with E-state index in [1.807, 2.05) is 18.2 Å². The number of hydrogen-bond acceptors (Lipinski definition) is 5. The molecular formula is C19H29IN4O2S. The van der Waals surface area contributed by atoms with E-state index in [9.17, 15) is 0 Å². The van der Waals surface area contributed by atoms with E-state index in [1.165, 1.54) is 4.88 Å². The highest BCUT2D eigenvalue weighted by molar-refractivity contribution is 14.0. The smallest absolute Gasteiger partial charge is 0.191 e. The zero-order chi connectivity index (χ0) is 18.9. The van der Waals surface area contributed by atoms with Crippen LogP contribution >= 0.6 is 35.3 Å². The maximum atomic E-state index is 5.44. The number of nitrogens with zero attached hydrogens (tertiary/aromatic N) is 2. The standard InChI is InChI=1S/C19H28N4O2S.HI/c1-6-20-19(21-10-9-18-23-13(2)14(3)26-18)22-12-15-7-8-16(24-4)11-17(15)25-5;/h7-8,11H,6,9-10,12H2,1-5H3,(H2,20,21,22);1H. The van der Waals surface area contributed by atoms with Crippen molar-refractivity contribution in [2.45, 2.75) is 33.7 Å². The van der Waals surface area contributed by atoms with Gasteiger partial charge in [-0.15, -0.1) is 35.3 Å². The quantitative estimate of drug-likeness (QED) is 0.326. The normalized spacial score (nSPS) is 10.9. The average Bonchev–Trinajstić information content (AvgIpc) is 2.97. The van der Waals surface area contributed by atoms with Crippen molar-refractivity contribution < 1.29 is 9.47 Å². The second-order valence-corrected chi connectivity index (χ2v) is 7.09. The van der Waals surface area contributed by atoms with Gasteiger partial charge in [0.15, 0.2) is 5.96 Å². The molecule has 0 aliphatic heterocycles. The number of aryl methyl sites for hydroxylation is 2. The molecule has 6 nitrogen and oxygen atoms in total. The van der Waals surface area contributed by atoms with Crippen molar-refractivity contribution in [3.05, 3.63) is 39.3 Å². The second kappa shape index (κ2) is 12.0. The van der Waals surface area contributed by atoms with Crippen molar-refractivity contribution in [2.24, 2.45) is 4.99 Å². The third-order valence-electron chi connectivity index (χ3n) is 3.95. The van der Waals surface area contributed by atoms with Crippen LogP contribution in [0.4, 0.5) is 0 Å². The highest BCUT2D eigenvalue weighted by Crippen LogP contribution is 2.25. The number of halogens is 1. The third-order valence-corrected chi connectivity index (χ3v) is 5.08. The summed E-state index contributed by atoms with van der Waals surface area (Å²) in [5, 5.41) is 7.79. The van der Waals surface area contributed by atoms with Crippen LogP contribution in [0.15, 0.2) is 23.2 Å². The summed E-state index contributed by atoms with van der Waals surface area (Å²) >= 11 is 1.76. The van der Waals surface area contributed by atoms with E-state index in [-0.39, 0.29) is 24.0 Å². The van der Waals surface area contributed by atoms with Crippen LogP contribution in [0, 0.1) is 13.8 Å². The molecular weight excluding hydrogens is 475 g/mol. The molecule has 27 heavy (non-hydrogen) atoms. The summed E-state index contributed by atoms with van der Waals surface area (Å²) in [6.07, 6.45) is 0.885. The first-order valence-corrected chi connectivity index (χ1v) is 9.55. The van der Waals surface area contributed by atoms with Gasteiger partial charge >= 0.3 is 0 Å². The second-order valence-electron chi connectivity index (χ2n) is 5.80. The molecule has 0 unspecified atom stereocenters. The van der Waals surface area contributed by atoms with Crippen LogP contribution in [0.2, 0.25) is 0 Å². The Bertz CT molecular complexity index is 730. The van der Waals surface area contributed by atoms with Gasteiger partial charge in [0, 0.05) is 36.0 Å². The van der Waals surface area contributed by atoms with Gasteiger partial charge < -0.3 is 20.1 Å². The van der Waals surface area contributed by atoms with Crippen molar-refractivity contribution in [1.29, 1.82) is 0 Å². The van der Waals surface area contributed by atoms with Crippen molar-refractivity contribution in [1.82, 2.24) is 15.6 Å². The lowest BCUT2D eigenvalue weighted by atomic mass is 10.2. The summed E-state index contributed by atoms with van der Waals surface area (Å²) in [5.74, 6) is 2.33. The summed E-state index contributed by atoms with van der Waals surface area (Å²) in [7, 11) is 3.30. The summed E-state index contributed by atoms with van der Waals surface area (Å²) < 4.78 is 10.7. The molecule has 0 aliphatic carbocycles. The predicted molar refractivity (Wildman–Crippen MR) is 123 cm³/mol. The molecule has 0 saturated carbocycles. The Morgan fingerprint density at radius 1 is 1.19 bits per heavy atom. The van der Waals surface area contributed by atoms with E-state index >= 15 is 0 Å². The van der Waals surface area contributed by atoms with E-state index in [0.717, 1.165) is 53.2 Å². The van der Waals surface area contributed by atoms with Crippen molar-refractivity contribution in [3.8, 4) is 11.5 Å². The SMILES string of the molecule is CCNC(=NCc1ccc(OC)cc1OC)NCCc1nc(C)c(C)s1.I. The highest BCUT2D eigenvalue weighted by atomic mass is 127. The Balaban J connectivity index is 0.00000364. The molecule has 0 fully saturated rings. The van der Waals surface area contributed by atoms with E-state index in [4.69, 9.17) is 9.47 Å². The molecule has 0 bridgehead atoms. The Hall–Kier alpha value is -1.55. The molecule has 2 N–H and O–H groups in total. The van der Waals surface area contributed by atoms with Gasteiger partial charge in [-0.1, -0.05) is 0 Å². The van der Waals surface area contributed by atoms with Crippen molar-refractivity contribution >= 4 is 41.3 Å². The first kappa shape index (κ1) is 23.5. The number of nitrogens with one attached hydrogen (secondary N) is 2. The van der Waals surface area contributed by atoms with Crippen LogP contribution in [0.5, 0.6) is 11.5 Å². The van der Waals surface area contributed by atoms with Crippen LogP contribution in [0.3, 0.4) is 0 Å². The molecule has 0 aliphatic rings. The van der Waals surface area contributed by atoms with E-state index in [2.05, 4.69) is 41.4 Å². The minimum Gasteiger partial charge on any atom is -0.497 e. The summed E-state index contributed by atoms with van der Waals surface area (Å²) in [6.45, 7) is 8.34. The third kappa shape index (κ3) is 7.17. The zero-order valence-corrected chi connectivity index (χ0v) is 19.7. The molecule has 2 aromatic rings. The summed E-state index contributed by atoms with van der Waals surface area (Å²) in [5.41, 5.74) is 2.13. The number of ether oxygens (including phenoxy) is 2. The summed E-state index contributed by atoms with van der Waals surface area (Å²) in [6, 6.07) is 5.77. The van der Waals surface area contributed by atoms with Crippen LogP contribution in [0.1, 0.15) is 28.1 Å². The van der Waals surface area contributed by atoms with E-state index in [0.29, 0.717) is 6.54 Å². The number of hydrogen-bond donors (Lipinski definition) is 2. The minimum atomic E-state index is 0. The van der Waals surface area contributed by atoms with Gasteiger partial charge in [-0.05, 0) is 32.9 Å². The minimum absolute atomic E-state index is 0. The van der Waals surface area contributed by atoms with E-state index < -0.39 is 0 Å². The number of rotatable bonds is 8. The molecule has 2 rings (SSSR count). The molecule has 150 valence electrons. The number of thiazole rings is 1. The maximum absolute atomic E-state index is 5.44. The van der Waals surface area contributed by atoms with E-state index in [1.54, 1.807) is 25.6 Å². The molecule has 0 radical (unpaired) electrons. The largest absolute Gasteiger partial charge is 0.497 e. The monoisotopic (exact) mass is 504 g/mol. The van der Waals surface area contributed by atoms with Crippen LogP contribution in [0.25, 0.3) is 0 Å². The lowest BCUT2D eigenvalue weighted by Crippen LogP contribution is -2.38. The number of aliphatic imine (C=N–C) groups is 1. The molecule has 0 spiro atoms.